The molecule has 1 aliphatic carbocycles. The number of nitrogens with zero attached hydrogens (tertiary/aromatic N) is 1. The van der Waals surface area contributed by atoms with Crippen LogP contribution in [0.25, 0.3) is 0 Å². The van der Waals surface area contributed by atoms with Crippen molar-refractivity contribution in [2.24, 2.45) is 23.5 Å². The first kappa shape index (κ1) is 12.2. The zero-order valence-electron chi connectivity index (χ0n) is 11.3. The number of hydrogen-bond acceptors (Lipinski definition) is 2. The Hall–Kier alpha value is -0.860. The van der Waals surface area contributed by atoms with E-state index in [4.69, 9.17) is 5.73 Å². The summed E-state index contributed by atoms with van der Waals surface area (Å²) in [7, 11) is 0. The molecule has 2 bridgehead atoms. The normalized spacial score (nSPS) is 33.6. The summed E-state index contributed by atoms with van der Waals surface area (Å²) >= 11 is 0. The van der Waals surface area contributed by atoms with Gasteiger partial charge < -0.3 is 5.73 Å². The Labute approximate surface area is 110 Å². The lowest BCUT2D eigenvalue weighted by atomic mass is 9.80. The Kier molecular flexibility index (Phi) is 3.40. The van der Waals surface area contributed by atoms with Crippen molar-refractivity contribution in [1.29, 1.82) is 0 Å². The van der Waals surface area contributed by atoms with Gasteiger partial charge in [-0.2, -0.15) is 0 Å². The molecule has 0 aromatic heterocycles. The van der Waals surface area contributed by atoms with Crippen molar-refractivity contribution in [3.05, 3.63) is 35.9 Å². The molecule has 1 aromatic rings. The van der Waals surface area contributed by atoms with Crippen LogP contribution in [0.5, 0.6) is 0 Å². The molecule has 0 amide bonds. The maximum absolute atomic E-state index is 6.17. The summed E-state index contributed by atoms with van der Waals surface area (Å²) < 4.78 is 0. The van der Waals surface area contributed by atoms with E-state index in [0.29, 0.717) is 6.04 Å². The first-order chi connectivity index (χ1) is 8.74. The van der Waals surface area contributed by atoms with E-state index in [0.717, 1.165) is 24.3 Å². The van der Waals surface area contributed by atoms with E-state index >= 15 is 0 Å². The molecule has 4 atom stereocenters. The summed E-state index contributed by atoms with van der Waals surface area (Å²) in [6.45, 7) is 5.80. The zero-order valence-corrected chi connectivity index (χ0v) is 11.3. The molecule has 1 aliphatic heterocycles. The Bertz CT molecular complexity index is 373. The van der Waals surface area contributed by atoms with E-state index < -0.39 is 0 Å². The van der Waals surface area contributed by atoms with Crippen LogP contribution in [0, 0.1) is 17.8 Å². The van der Waals surface area contributed by atoms with Gasteiger partial charge in [-0.3, -0.25) is 4.90 Å². The predicted molar refractivity (Wildman–Crippen MR) is 75.1 cm³/mol. The summed E-state index contributed by atoms with van der Waals surface area (Å²) in [5, 5.41) is 0. The van der Waals surface area contributed by atoms with Gasteiger partial charge in [-0.1, -0.05) is 30.3 Å². The number of likely N-dealkylation sites (tertiary alicyclic amines) is 1. The van der Waals surface area contributed by atoms with Crippen LogP contribution in [-0.2, 0) is 6.54 Å². The van der Waals surface area contributed by atoms with Crippen molar-refractivity contribution in [1.82, 2.24) is 4.90 Å². The smallest absolute Gasteiger partial charge is 0.0233 e. The Balaban J connectivity index is 1.65. The van der Waals surface area contributed by atoms with Crippen molar-refractivity contribution in [2.75, 3.05) is 13.1 Å². The van der Waals surface area contributed by atoms with Crippen LogP contribution in [0.4, 0.5) is 0 Å². The first-order valence-corrected chi connectivity index (χ1v) is 7.26. The number of fused-ring (bicyclic) bond motifs is 2. The van der Waals surface area contributed by atoms with E-state index in [1.807, 2.05) is 0 Å². The average molecular weight is 244 g/mol. The molecule has 18 heavy (non-hydrogen) atoms. The highest BCUT2D eigenvalue weighted by molar-refractivity contribution is 5.14. The Morgan fingerprint density at radius 2 is 1.78 bits per heavy atom. The molecule has 98 valence electrons. The highest BCUT2D eigenvalue weighted by Crippen LogP contribution is 2.43. The highest BCUT2D eigenvalue weighted by Gasteiger charge is 2.43. The number of nitrogens with two attached hydrogens (primary N) is 1. The lowest BCUT2D eigenvalue weighted by Gasteiger charge is -2.40. The summed E-state index contributed by atoms with van der Waals surface area (Å²) in [5.41, 5.74) is 7.61. The molecule has 2 aliphatic rings. The average Bonchev–Trinajstić information content (AvgIpc) is 2.63. The number of hydrogen-bond donors (Lipinski definition) is 1. The second-order valence-electron chi connectivity index (χ2n) is 6.21. The quantitative estimate of drug-likeness (QED) is 0.885. The summed E-state index contributed by atoms with van der Waals surface area (Å²) in [6.07, 6.45) is 2.78. The summed E-state index contributed by atoms with van der Waals surface area (Å²) in [6, 6.07) is 11.2. The van der Waals surface area contributed by atoms with Crippen molar-refractivity contribution in [2.45, 2.75) is 32.4 Å². The van der Waals surface area contributed by atoms with E-state index in [-0.39, 0.29) is 0 Å². The number of rotatable bonds is 3. The molecule has 2 nitrogen and oxygen atoms in total. The molecule has 2 fully saturated rings. The molecule has 1 heterocycles. The molecular weight excluding hydrogens is 220 g/mol. The van der Waals surface area contributed by atoms with Gasteiger partial charge in [0.25, 0.3) is 0 Å². The molecule has 0 radical (unpaired) electrons. The topological polar surface area (TPSA) is 29.3 Å². The minimum Gasteiger partial charge on any atom is -0.328 e. The largest absolute Gasteiger partial charge is 0.328 e. The van der Waals surface area contributed by atoms with Crippen LogP contribution in [0.3, 0.4) is 0 Å². The van der Waals surface area contributed by atoms with Crippen LogP contribution >= 0.6 is 0 Å². The Morgan fingerprint density at radius 1 is 1.17 bits per heavy atom. The molecule has 2 N–H and O–H groups in total. The third kappa shape index (κ3) is 2.32. The van der Waals surface area contributed by atoms with Gasteiger partial charge in [0.1, 0.15) is 0 Å². The molecule has 2 heteroatoms. The third-order valence-electron chi connectivity index (χ3n) is 4.84. The highest BCUT2D eigenvalue weighted by atomic mass is 15.1. The second-order valence-corrected chi connectivity index (χ2v) is 6.21. The fourth-order valence-corrected chi connectivity index (χ4v) is 4.19. The van der Waals surface area contributed by atoms with E-state index in [1.54, 1.807) is 0 Å². The summed E-state index contributed by atoms with van der Waals surface area (Å²) in [5.74, 6) is 2.46. The van der Waals surface area contributed by atoms with Gasteiger partial charge >= 0.3 is 0 Å². The molecule has 1 saturated carbocycles. The third-order valence-corrected chi connectivity index (χ3v) is 4.84. The van der Waals surface area contributed by atoms with E-state index in [2.05, 4.69) is 42.2 Å². The standard InChI is InChI=1S/C16H24N2/c1-12(17)16-14-7-8-15(16)11-18(10-14)9-13-5-3-2-4-6-13/h2-6,12,14-16H,7-11,17H2,1H3/t12-,14-,15+,16+/m0/s1. The van der Waals surface area contributed by atoms with Crippen LogP contribution in [0.1, 0.15) is 25.3 Å². The first-order valence-electron chi connectivity index (χ1n) is 7.26. The van der Waals surface area contributed by atoms with Crippen molar-refractivity contribution < 1.29 is 0 Å². The van der Waals surface area contributed by atoms with Gasteiger partial charge in [-0.15, -0.1) is 0 Å². The van der Waals surface area contributed by atoms with Gasteiger partial charge in [-0.25, -0.2) is 0 Å². The van der Waals surface area contributed by atoms with Crippen LogP contribution in [0.15, 0.2) is 30.3 Å². The molecule has 3 rings (SSSR count). The SMILES string of the molecule is C[C@H](N)[C@H]1[C@@H]2CC[C@H]1CN(Cc1ccccc1)C2. The maximum atomic E-state index is 6.17. The van der Waals surface area contributed by atoms with Gasteiger partial charge in [0, 0.05) is 25.7 Å². The Morgan fingerprint density at radius 3 is 2.33 bits per heavy atom. The lowest BCUT2D eigenvalue weighted by molar-refractivity contribution is 0.0911. The van der Waals surface area contributed by atoms with Crippen molar-refractivity contribution in [3.63, 3.8) is 0 Å². The molecule has 1 aromatic carbocycles. The molecular formula is C16H24N2. The van der Waals surface area contributed by atoms with Crippen molar-refractivity contribution in [3.8, 4) is 0 Å². The zero-order chi connectivity index (χ0) is 12.5. The van der Waals surface area contributed by atoms with E-state index in [9.17, 15) is 0 Å². The fourth-order valence-electron chi connectivity index (χ4n) is 4.19. The number of benzene rings is 1. The molecule has 1 saturated heterocycles. The van der Waals surface area contributed by atoms with E-state index in [1.165, 1.54) is 31.5 Å². The molecule has 0 unspecified atom stereocenters. The minimum atomic E-state index is 0.376. The van der Waals surface area contributed by atoms with Crippen LogP contribution in [0.2, 0.25) is 0 Å². The lowest BCUT2D eigenvalue weighted by Crippen LogP contribution is -2.47. The van der Waals surface area contributed by atoms with Crippen LogP contribution < -0.4 is 5.73 Å². The van der Waals surface area contributed by atoms with Crippen molar-refractivity contribution >= 4 is 0 Å². The minimum absolute atomic E-state index is 0.376. The predicted octanol–water partition coefficient (Wildman–Crippen LogP) is 2.49. The monoisotopic (exact) mass is 244 g/mol. The summed E-state index contributed by atoms with van der Waals surface area (Å²) in [4.78, 5) is 2.64. The fraction of sp³-hybridized carbons (Fsp3) is 0.625. The van der Waals surface area contributed by atoms with Gasteiger partial charge in [0.15, 0.2) is 0 Å². The van der Waals surface area contributed by atoms with Gasteiger partial charge in [0.2, 0.25) is 0 Å². The van der Waals surface area contributed by atoms with Gasteiger partial charge in [0.05, 0.1) is 0 Å². The van der Waals surface area contributed by atoms with Crippen LogP contribution in [-0.4, -0.2) is 24.0 Å². The molecule has 0 spiro atoms. The second kappa shape index (κ2) is 5.02. The maximum Gasteiger partial charge on any atom is 0.0233 e. The van der Waals surface area contributed by atoms with Gasteiger partial charge in [-0.05, 0) is 43.1 Å². The number of piperidine rings is 1.